The van der Waals surface area contributed by atoms with Gasteiger partial charge in [0, 0.05) is 17.0 Å². The third kappa shape index (κ3) is 4.30. The molecule has 0 unspecified atom stereocenters. The molecule has 3 aromatic rings. The molecular weight excluding hydrogens is 400 g/mol. The summed E-state index contributed by atoms with van der Waals surface area (Å²) in [5, 5.41) is 4.52. The molecule has 9 heteroatoms. The van der Waals surface area contributed by atoms with E-state index in [0.29, 0.717) is 29.6 Å². The number of hydrogen-bond donors (Lipinski definition) is 0. The largest absolute Gasteiger partial charge is 0.493 e. The van der Waals surface area contributed by atoms with Gasteiger partial charge in [0.15, 0.2) is 11.5 Å². The first-order chi connectivity index (χ1) is 14.8. The van der Waals surface area contributed by atoms with Crippen LogP contribution in [0, 0.1) is 20.8 Å². The van der Waals surface area contributed by atoms with Crippen LogP contribution in [-0.4, -0.2) is 47.0 Å². The molecule has 3 rings (SSSR count). The van der Waals surface area contributed by atoms with E-state index in [1.807, 2.05) is 33.8 Å². The molecule has 164 valence electrons. The molecule has 9 nitrogen and oxygen atoms in total. The lowest BCUT2D eigenvalue weighted by Crippen LogP contribution is -2.15. The van der Waals surface area contributed by atoms with E-state index >= 15 is 0 Å². The van der Waals surface area contributed by atoms with Crippen LogP contribution in [0.5, 0.6) is 23.1 Å². The minimum absolute atomic E-state index is 0.239. The second kappa shape index (κ2) is 9.03. The maximum Gasteiger partial charge on any atom is 0.345 e. The number of hydrogen-bond acceptors (Lipinski definition) is 8. The summed E-state index contributed by atoms with van der Waals surface area (Å²) in [5.41, 5.74) is 3.34. The number of nitrogens with zero attached hydrogens (tertiary/aromatic N) is 4. The van der Waals surface area contributed by atoms with Crippen LogP contribution in [0.15, 0.2) is 18.2 Å². The van der Waals surface area contributed by atoms with E-state index < -0.39 is 5.97 Å². The molecule has 0 spiro atoms. The number of methoxy groups -OCH3 is 3. The first kappa shape index (κ1) is 22.1. The minimum Gasteiger partial charge on any atom is -0.493 e. The summed E-state index contributed by atoms with van der Waals surface area (Å²) in [7, 11) is 4.46. The molecule has 31 heavy (non-hydrogen) atoms. The van der Waals surface area contributed by atoms with Gasteiger partial charge in [-0.2, -0.15) is 9.78 Å². The van der Waals surface area contributed by atoms with E-state index in [9.17, 15) is 4.79 Å². The Labute approximate surface area is 180 Å². The van der Waals surface area contributed by atoms with E-state index in [1.54, 1.807) is 0 Å². The zero-order valence-electron chi connectivity index (χ0n) is 18.8. The Morgan fingerprint density at radius 3 is 2.00 bits per heavy atom. The maximum absolute atomic E-state index is 13.1. The highest BCUT2D eigenvalue weighted by atomic mass is 16.5. The van der Waals surface area contributed by atoms with Gasteiger partial charge in [-0.05, 0) is 45.4 Å². The molecule has 0 N–H and O–H groups in total. The Hall–Kier alpha value is -3.62. The molecule has 2 aromatic heterocycles. The van der Waals surface area contributed by atoms with Crippen LogP contribution < -0.4 is 18.9 Å². The van der Waals surface area contributed by atoms with Crippen molar-refractivity contribution < 1.29 is 23.7 Å². The van der Waals surface area contributed by atoms with Gasteiger partial charge >= 0.3 is 5.97 Å². The van der Waals surface area contributed by atoms with Crippen LogP contribution in [0.25, 0.3) is 5.95 Å². The first-order valence-electron chi connectivity index (χ1n) is 9.76. The van der Waals surface area contributed by atoms with Crippen LogP contribution in [0.4, 0.5) is 0 Å². The lowest BCUT2D eigenvalue weighted by Gasteiger charge is -2.14. The number of aryl methyl sites for hydroxylation is 3. The molecule has 0 atom stereocenters. The van der Waals surface area contributed by atoms with Crippen molar-refractivity contribution in [2.24, 2.45) is 0 Å². The predicted molar refractivity (Wildman–Crippen MR) is 114 cm³/mol. The van der Waals surface area contributed by atoms with Crippen molar-refractivity contribution in [2.75, 3.05) is 21.3 Å². The highest BCUT2D eigenvalue weighted by Crippen LogP contribution is 2.38. The van der Waals surface area contributed by atoms with Gasteiger partial charge in [-0.1, -0.05) is 6.92 Å². The molecule has 0 fully saturated rings. The Kier molecular flexibility index (Phi) is 6.43. The predicted octanol–water partition coefficient (Wildman–Crippen LogP) is 3.39. The van der Waals surface area contributed by atoms with Gasteiger partial charge in [0.1, 0.15) is 0 Å². The SMILES string of the molecule is CCc1c(C)nn(-c2nc(C)cc(C)n2)c1OC(=O)c1cc(OC)c(OC)c(OC)c1. The summed E-state index contributed by atoms with van der Waals surface area (Å²) in [6, 6.07) is 4.94. The van der Waals surface area contributed by atoms with E-state index in [0.717, 1.165) is 22.6 Å². The fourth-order valence-electron chi connectivity index (χ4n) is 3.33. The van der Waals surface area contributed by atoms with Gasteiger partial charge in [-0.25, -0.2) is 14.8 Å². The quantitative estimate of drug-likeness (QED) is 0.530. The molecule has 0 aliphatic carbocycles. The van der Waals surface area contributed by atoms with Gasteiger partial charge < -0.3 is 18.9 Å². The first-order valence-corrected chi connectivity index (χ1v) is 9.76. The van der Waals surface area contributed by atoms with Crippen LogP contribution in [0.1, 0.15) is 39.9 Å². The average molecular weight is 426 g/mol. The Bertz CT molecular complexity index is 1080. The fraction of sp³-hybridized carbons (Fsp3) is 0.364. The normalized spacial score (nSPS) is 10.7. The van der Waals surface area contributed by atoms with Crippen molar-refractivity contribution in [1.29, 1.82) is 0 Å². The monoisotopic (exact) mass is 426 g/mol. The number of ether oxygens (including phenoxy) is 4. The smallest absolute Gasteiger partial charge is 0.345 e. The zero-order chi connectivity index (χ0) is 22.7. The highest BCUT2D eigenvalue weighted by molar-refractivity contribution is 5.92. The lowest BCUT2D eigenvalue weighted by molar-refractivity contribution is 0.0720. The van der Waals surface area contributed by atoms with Gasteiger partial charge in [0.05, 0.1) is 32.6 Å². The molecule has 0 saturated heterocycles. The third-order valence-corrected chi connectivity index (χ3v) is 4.74. The average Bonchev–Trinajstić information content (AvgIpc) is 3.06. The molecule has 0 radical (unpaired) electrons. The molecule has 1 aromatic carbocycles. The molecule has 0 aliphatic heterocycles. The van der Waals surface area contributed by atoms with Crippen molar-refractivity contribution in [1.82, 2.24) is 19.7 Å². The van der Waals surface area contributed by atoms with Crippen molar-refractivity contribution in [3.63, 3.8) is 0 Å². The molecule has 0 bridgehead atoms. The summed E-state index contributed by atoms with van der Waals surface area (Å²) >= 11 is 0. The molecule has 0 amide bonds. The lowest BCUT2D eigenvalue weighted by atomic mass is 10.1. The Morgan fingerprint density at radius 2 is 1.52 bits per heavy atom. The molecule has 2 heterocycles. The zero-order valence-corrected chi connectivity index (χ0v) is 18.8. The topological polar surface area (TPSA) is 97.6 Å². The number of rotatable bonds is 7. The molecule has 0 aliphatic rings. The van der Waals surface area contributed by atoms with E-state index in [4.69, 9.17) is 18.9 Å². The van der Waals surface area contributed by atoms with E-state index in [2.05, 4.69) is 15.1 Å². The number of esters is 1. The third-order valence-electron chi connectivity index (χ3n) is 4.74. The standard InChI is InChI=1S/C22H26N4O5/c1-8-16-14(4)25-26(22-23-12(2)9-13(3)24-22)20(16)31-21(27)15-10-17(28-5)19(30-7)18(11-15)29-6/h9-11H,8H2,1-7H3. The summed E-state index contributed by atoms with van der Waals surface area (Å²) in [4.78, 5) is 22.0. The van der Waals surface area contributed by atoms with Crippen molar-refractivity contribution in [2.45, 2.75) is 34.1 Å². The van der Waals surface area contributed by atoms with Crippen molar-refractivity contribution in [3.05, 3.63) is 46.4 Å². The minimum atomic E-state index is -0.598. The van der Waals surface area contributed by atoms with Gasteiger partial charge in [0.25, 0.3) is 5.95 Å². The second-order valence-corrected chi connectivity index (χ2v) is 6.89. The fourth-order valence-corrected chi connectivity index (χ4v) is 3.33. The number of carbonyl (C=O) groups is 1. The van der Waals surface area contributed by atoms with Gasteiger partial charge in [-0.15, -0.1) is 0 Å². The summed E-state index contributed by atoms with van der Waals surface area (Å²) < 4.78 is 23.3. The summed E-state index contributed by atoms with van der Waals surface area (Å²) in [5.74, 6) is 1.12. The van der Waals surface area contributed by atoms with Gasteiger partial charge in [-0.3, -0.25) is 0 Å². The summed E-state index contributed by atoms with van der Waals surface area (Å²) in [6.45, 7) is 7.57. The Morgan fingerprint density at radius 1 is 0.935 bits per heavy atom. The van der Waals surface area contributed by atoms with Crippen molar-refractivity contribution >= 4 is 5.97 Å². The molecular formula is C22H26N4O5. The summed E-state index contributed by atoms with van der Waals surface area (Å²) in [6.07, 6.45) is 0.620. The van der Waals surface area contributed by atoms with Crippen LogP contribution in [-0.2, 0) is 6.42 Å². The maximum atomic E-state index is 13.1. The van der Waals surface area contributed by atoms with Crippen LogP contribution in [0.3, 0.4) is 0 Å². The van der Waals surface area contributed by atoms with E-state index in [-0.39, 0.29) is 11.4 Å². The number of carbonyl (C=O) groups excluding carboxylic acids is 1. The van der Waals surface area contributed by atoms with E-state index in [1.165, 1.54) is 38.1 Å². The van der Waals surface area contributed by atoms with Crippen molar-refractivity contribution in [3.8, 4) is 29.1 Å². The molecule has 0 saturated carbocycles. The van der Waals surface area contributed by atoms with Crippen LogP contribution in [0.2, 0.25) is 0 Å². The number of aromatic nitrogens is 4. The number of benzene rings is 1. The van der Waals surface area contributed by atoms with Crippen LogP contribution >= 0.6 is 0 Å². The van der Waals surface area contributed by atoms with Gasteiger partial charge in [0.2, 0.25) is 11.6 Å². The Balaban J connectivity index is 2.08. The highest BCUT2D eigenvalue weighted by Gasteiger charge is 2.24. The second-order valence-electron chi connectivity index (χ2n) is 6.89.